The van der Waals surface area contributed by atoms with Gasteiger partial charge < -0.3 is 14.7 Å². The van der Waals surface area contributed by atoms with E-state index in [1.165, 1.54) is 29.2 Å². The summed E-state index contributed by atoms with van der Waals surface area (Å²) in [5.41, 5.74) is 0.922. The monoisotopic (exact) mass is 564 g/mol. The number of hydrogen-bond acceptors (Lipinski definition) is 5. The molecule has 12 heteroatoms. The number of benzene rings is 3. The molecule has 200 valence electrons. The smallest absolute Gasteiger partial charge is 0.407 e. The molecule has 0 aliphatic carbocycles. The Labute approximate surface area is 222 Å². The van der Waals surface area contributed by atoms with Crippen molar-refractivity contribution in [1.82, 2.24) is 9.62 Å². The first-order chi connectivity index (χ1) is 18.0. The fraction of sp³-hybridized carbons (Fsp3) is 0.231. The molecule has 8 nitrogen and oxygen atoms in total. The molecular weight excluding hydrogens is 542 g/mol. The summed E-state index contributed by atoms with van der Waals surface area (Å²) in [6.07, 6.45) is -0.620. The van der Waals surface area contributed by atoms with Crippen LogP contribution >= 0.6 is 11.6 Å². The van der Waals surface area contributed by atoms with Crippen molar-refractivity contribution in [2.75, 3.05) is 19.7 Å². The van der Waals surface area contributed by atoms with Crippen LogP contribution in [0.3, 0.4) is 0 Å². The molecule has 0 spiro atoms. The lowest BCUT2D eigenvalue weighted by Gasteiger charge is -2.37. The highest BCUT2D eigenvalue weighted by molar-refractivity contribution is 7.90. The van der Waals surface area contributed by atoms with Gasteiger partial charge in [0.05, 0.1) is 6.61 Å². The fourth-order valence-corrected chi connectivity index (χ4v) is 5.54. The summed E-state index contributed by atoms with van der Waals surface area (Å²) < 4.78 is 62.1. The van der Waals surface area contributed by atoms with Gasteiger partial charge in [-0.05, 0) is 42.2 Å². The van der Waals surface area contributed by atoms with Crippen molar-refractivity contribution in [1.29, 1.82) is 0 Å². The molecule has 1 saturated heterocycles. The first-order valence-corrected chi connectivity index (χ1v) is 13.4. The molecule has 2 atom stereocenters. The number of ether oxygens (including phenoxy) is 1. The van der Waals surface area contributed by atoms with E-state index in [4.69, 9.17) is 16.3 Å². The van der Waals surface area contributed by atoms with Crippen LogP contribution in [0.5, 0.6) is 5.75 Å². The molecule has 0 saturated carbocycles. The molecule has 3 aromatic carbocycles. The van der Waals surface area contributed by atoms with Gasteiger partial charge in [-0.3, -0.25) is 4.79 Å². The highest BCUT2D eigenvalue weighted by Gasteiger charge is 2.33. The van der Waals surface area contributed by atoms with Crippen molar-refractivity contribution in [2.45, 2.75) is 17.2 Å². The number of piperidine rings is 1. The summed E-state index contributed by atoms with van der Waals surface area (Å²) >= 11 is 5.98. The second-order valence-corrected chi connectivity index (χ2v) is 10.8. The lowest BCUT2D eigenvalue weighted by molar-refractivity contribution is 0.0927. The SMILES string of the molecule is O=C(NS(=O)(=O)c1cc(F)c(OC[C@H]2CN(C(=O)O)CC[C@@H]2c2ccc(Cl)cc2)cc1F)c1ccccc1. The molecule has 0 unspecified atom stereocenters. The standard InChI is InChI=1S/C26H23ClF2N2O6S/c27-19-8-6-16(7-9-19)20-10-11-31(26(33)34)14-18(20)15-37-23-12-22(29)24(13-21(23)28)38(35,36)30-25(32)17-4-2-1-3-5-17/h1-9,12-13,18,20H,10-11,14-15H2,(H,30,32)(H,33,34)/t18-,20-/m1/s1. The van der Waals surface area contributed by atoms with Gasteiger partial charge in [0.25, 0.3) is 15.9 Å². The number of sulfonamides is 1. The third-order valence-corrected chi connectivity index (χ3v) is 7.89. The number of rotatable bonds is 7. The molecule has 1 aliphatic heterocycles. The highest BCUT2D eigenvalue weighted by Crippen LogP contribution is 2.35. The van der Waals surface area contributed by atoms with E-state index >= 15 is 0 Å². The third kappa shape index (κ3) is 6.22. The average molecular weight is 565 g/mol. The van der Waals surface area contributed by atoms with Crippen LogP contribution in [0.1, 0.15) is 28.3 Å². The van der Waals surface area contributed by atoms with E-state index < -0.39 is 50.2 Å². The number of carbonyl (C=O) groups is 2. The van der Waals surface area contributed by atoms with Gasteiger partial charge in [0.15, 0.2) is 11.6 Å². The number of nitrogens with zero attached hydrogens (tertiary/aromatic N) is 1. The number of carboxylic acid groups (broad SMARTS) is 1. The van der Waals surface area contributed by atoms with E-state index in [1.807, 2.05) is 12.1 Å². The zero-order valence-corrected chi connectivity index (χ0v) is 21.4. The molecule has 0 aromatic heterocycles. The largest absolute Gasteiger partial charge is 0.490 e. The van der Waals surface area contributed by atoms with E-state index in [2.05, 4.69) is 0 Å². The minimum absolute atomic E-state index is 0.0232. The number of likely N-dealkylation sites (tertiary alicyclic amines) is 1. The molecule has 4 rings (SSSR count). The van der Waals surface area contributed by atoms with Crippen LogP contribution in [0, 0.1) is 17.6 Å². The molecule has 38 heavy (non-hydrogen) atoms. The Bertz CT molecular complexity index is 1440. The summed E-state index contributed by atoms with van der Waals surface area (Å²) in [4.78, 5) is 23.9. The molecule has 0 radical (unpaired) electrons. The average Bonchev–Trinajstić information content (AvgIpc) is 2.89. The number of hydrogen-bond donors (Lipinski definition) is 2. The number of carbonyl (C=O) groups excluding carboxylic acids is 1. The fourth-order valence-electron chi connectivity index (χ4n) is 4.37. The van der Waals surface area contributed by atoms with Crippen LogP contribution in [0.2, 0.25) is 5.02 Å². The second-order valence-electron chi connectivity index (χ2n) is 8.76. The van der Waals surface area contributed by atoms with E-state index in [9.17, 15) is 31.9 Å². The molecule has 1 fully saturated rings. The zero-order valence-electron chi connectivity index (χ0n) is 19.8. The van der Waals surface area contributed by atoms with Crippen molar-refractivity contribution >= 4 is 33.6 Å². The molecule has 0 bridgehead atoms. The molecule has 1 heterocycles. The van der Waals surface area contributed by atoms with E-state index in [0.717, 1.165) is 5.56 Å². The summed E-state index contributed by atoms with van der Waals surface area (Å²) in [5.74, 6) is -4.56. The topological polar surface area (TPSA) is 113 Å². The Kier molecular flexibility index (Phi) is 8.17. The molecule has 2 amide bonds. The molecule has 3 aromatic rings. The lowest BCUT2D eigenvalue weighted by atomic mass is 9.81. The van der Waals surface area contributed by atoms with Crippen LogP contribution in [-0.2, 0) is 10.0 Å². The maximum Gasteiger partial charge on any atom is 0.407 e. The minimum Gasteiger partial charge on any atom is -0.490 e. The van der Waals surface area contributed by atoms with Gasteiger partial charge in [0, 0.05) is 41.7 Å². The van der Waals surface area contributed by atoms with Gasteiger partial charge in [-0.1, -0.05) is 41.9 Å². The van der Waals surface area contributed by atoms with Crippen molar-refractivity contribution in [3.63, 3.8) is 0 Å². The summed E-state index contributed by atoms with van der Waals surface area (Å²) in [5, 5.41) is 9.97. The first-order valence-electron chi connectivity index (χ1n) is 11.5. The Balaban J connectivity index is 1.52. The van der Waals surface area contributed by atoms with E-state index in [1.54, 1.807) is 22.9 Å². The van der Waals surface area contributed by atoms with Crippen molar-refractivity contribution in [2.24, 2.45) is 5.92 Å². The number of nitrogens with one attached hydrogen (secondary N) is 1. The lowest BCUT2D eigenvalue weighted by Crippen LogP contribution is -2.44. The van der Waals surface area contributed by atoms with Crippen LogP contribution in [-0.4, -0.2) is 50.1 Å². The van der Waals surface area contributed by atoms with Crippen LogP contribution in [0.4, 0.5) is 13.6 Å². The van der Waals surface area contributed by atoms with E-state index in [-0.39, 0.29) is 24.6 Å². The minimum atomic E-state index is -4.73. The highest BCUT2D eigenvalue weighted by atomic mass is 35.5. The number of amides is 2. The van der Waals surface area contributed by atoms with Crippen molar-refractivity contribution in [3.8, 4) is 5.75 Å². The summed E-state index contributed by atoms with van der Waals surface area (Å²) in [6, 6.07) is 15.5. The quantitative estimate of drug-likeness (QED) is 0.422. The zero-order chi connectivity index (χ0) is 27.4. The van der Waals surface area contributed by atoms with Crippen molar-refractivity contribution in [3.05, 3.63) is 94.5 Å². The normalized spacial score (nSPS) is 17.6. The van der Waals surface area contributed by atoms with Gasteiger partial charge in [0.1, 0.15) is 10.7 Å². The molecule has 1 aliphatic rings. The van der Waals surface area contributed by atoms with Gasteiger partial charge in [-0.2, -0.15) is 0 Å². The number of halogens is 3. The van der Waals surface area contributed by atoms with Gasteiger partial charge in [-0.25, -0.2) is 26.7 Å². The van der Waals surface area contributed by atoms with Gasteiger partial charge in [-0.15, -0.1) is 0 Å². The second kappa shape index (κ2) is 11.4. The predicted octanol–water partition coefficient (Wildman–Crippen LogP) is 4.90. The van der Waals surface area contributed by atoms with Crippen LogP contribution in [0.15, 0.2) is 71.6 Å². The molecule has 2 N–H and O–H groups in total. The first kappa shape index (κ1) is 27.3. The maximum absolute atomic E-state index is 14.9. The van der Waals surface area contributed by atoms with E-state index in [0.29, 0.717) is 30.1 Å². The third-order valence-electron chi connectivity index (χ3n) is 6.29. The Morgan fingerprint density at radius 3 is 2.39 bits per heavy atom. The Hall–Kier alpha value is -3.70. The summed E-state index contributed by atoms with van der Waals surface area (Å²) in [7, 11) is -4.73. The predicted molar refractivity (Wildman–Crippen MR) is 135 cm³/mol. The van der Waals surface area contributed by atoms with Gasteiger partial charge in [0.2, 0.25) is 0 Å². The molecular formula is C26H23ClF2N2O6S. The summed E-state index contributed by atoms with van der Waals surface area (Å²) in [6.45, 7) is 0.234. The van der Waals surface area contributed by atoms with Crippen LogP contribution < -0.4 is 9.46 Å². The van der Waals surface area contributed by atoms with Crippen molar-refractivity contribution < 1.29 is 36.6 Å². The maximum atomic E-state index is 14.9. The Morgan fingerprint density at radius 1 is 1.05 bits per heavy atom. The van der Waals surface area contributed by atoms with Gasteiger partial charge >= 0.3 is 6.09 Å². The van der Waals surface area contributed by atoms with Crippen LogP contribution in [0.25, 0.3) is 0 Å². The Morgan fingerprint density at radius 2 is 1.74 bits per heavy atom.